The van der Waals surface area contributed by atoms with E-state index in [2.05, 4.69) is 10.4 Å². The van der Waals surface area contributed by atoms with E-state index in [0.717, 1.165) is 10.7 Å². The van der Waals surface area contributed by atoms with Crippen molar-refractivity contribution in [2.75, 3.05) is 5.32 Å². The Morgan fingerprint density at radius 2 is 1.85 bits per heavy atom. The zero-order valence-electron chi connectivity index (χ0n) is 17.1. The third kappa shape index (κ3) is 5.42. The van der Waals surface area contributed by atoms with Gasteiger partial charge >= 0.3 is 6.18 Å². The van der Waals surface area contributed by atoms with Crippen molar-refractivity contribution in [1.82, 2.24) is 9.78 Å². The van der Waals surface area contributed by atoms with E-state index in [1.165, 1.54) is 12.1 Å². The summed E-state index contributed by atoms with van der Waals surface area (Å²) in [5.41, 5.74) is -1.44. The Bertz CT molecular complexity index is 1260. The molecule has 1 saturated carbocycles. The van der Waals surface area contributed by atoms with Crippen molar-refractivity contribution in [3.8, 4) is 11.5 Å². The molecule has 1 aromatic heterocycles. The molecule has 178 valence electrons. The molecule has 13 heteroatoms. The van der Waals surface area contributed by atoms with Crippen molar-refractivity contribution in [1.29, 1.82) is 0 Å². The summed E-state index contributed by atoms with van der Waals surface area (Å²) in [6, 6.07) is 9.86. The molecule has 1 aliphatic carbocycles. The third-order valence-corrected chi connectivity index (χ3v) is 5.52. The highest BCUT2D eigenvalue weighted by atomic mass is 35.5. The van der Waals surface area contributed by atoms with E-state index in [1.54, 1.807) is 24.3 Å². The summed E-state index contributed by atoms with van der Waals surface area (Å²) in [4.78, 5) is 23.3. The van der Waals surface area contributed by atoms with Crippen molar-refractivity contribution in [2.24, 2.45) is 0 Å². The number of aromatic nitrogens is 2. The minimum absolute atomic E-state index is 0.0189. The highest BCUT2D eigenvalue weighted by Gasteiger charge is 2.42. The number of carbonyl (C=O) groups excluding carboxylic acids is 1. The van der Waals surface area contributed by atoms with Crippen molar-refractivity contribution in [3.05, 3.63) is 74.0 Å². The molecule has 8 nitrogen and oxygen atoms in total. The molecule has 34 heavy (non-hydrogen) atoms. The molecule has 0 unspecified atom stereocenters. The number of alkyl halides is 3. The van der Waals surface area contributed by atoms with Gasteiger partial charge in [0.2, 0.25) is 5.91 Å². The van der Waals surface area contributed by atoms with Crippen LogP contribution < -0.4 is 10.1 Å². The number of halogens is 5. The van der Waals surface area contributed by atoms with Crippen LogP contribution >= 0.6 is 23.2 Å². The fourth-order valence-electron chi connectivity index (χ4n) is 3.30. The number of nitrogens with zero attached hydrogens (tertiary/aromatic N) is 3. The molecule has 1 heterocycles. The molecular formula is C21H15Cl2F3N4O4. The van der Waals surface area contributed by atoms with Crippen LogP contribution in [-0.4, -0.2) is 20.6 Å². The number of nitro benzene ring substituents is 1. The van der Waals surface area contributed by atoms with Crippen molar-refractivity contribution < 1.29 is 27.6 Å². The number of non-ortho nitro benzene ring substituents is 1. The second-order valence-electron chi connectivity index (χ2n) is 7.55. The smallest absolute Gasteiger partial charge is 0.436 e. The van der Waals surface area contributed by atoms with Crippen LogP contribution in [0.2, 0.25) is 10.0 Å². The minimum Gasteiger partial charge on any atom is -0.457 e. The van der Waals surface area contributed by atoms with Gasteiger partial charge in [0.25, 0.3) is 5.69 Å². The summed E-state index contributed by atoms with van der Waals surface area (Å²) in [5.74, 6) is -0.539. The van der Waals surface area contributed by atoms with E-state index in [0.29, 0.717) is 23.6 Å². The zero-order valence-corrected chi connectivity index (χ0v) is 18.6. The first-order valence-electron chi connectivity index (χ1n) is 9.87. The zero-order chi connectivity index (χ0) is 24.6. The Kier molecular flexibility index (Phi) is 6.41. The number of amides is 1. The number of hydrogen-bond donors (Lipinski definition) is 1. The van der Waals surface area contributed by atoms with Gasteiger partial charge in [0.15, 0.2) is 5.69 Å². The minimum atomic E-state index is -4.77. The van der Waals surface area contributed by atoms with Crippen molar-refractivity contribution in [3.63, 3.8) is 0 Å². The lowest BCUT2D eigenvalue weighted by molar-refractivity contribution is -0.384. The van der Waals surface area contributed by atoms with Crippen LogP contribution in [0.1, 0.15) is 30.1 Å². The highest BCUT2D eigenvalue weighted by molar-refractivity contribution is 6.32. The second kappa shape index (κ2) is 9.15. The van der Waals surface area contributed by atoms with E-state index in [-0.39, 0.29) is 28.7 Å². The van der Waals surface area contributed by atoms with E-state index in [1.807, 2.05) is 0 Å². The van der Waals surface area contributed by atoms with Crippen LogP contribution in [0.25, 0.3) is 0 Å². The van der Waals surface area contributed by atoms with Crippen LogP contribution in [0, 0.1) is 10.1 Å². The lowest BCUT2D eigenvalue weighted by atomic mass is 10.2. The first-order valence-corrected chi connectivity index (χ1v) is 10.6. The van der Waals surface area contributed by atoms with Gasteiger partial charge in [0.05, 0.1) is 27.4 Å². The number of ether oxygens (including phenoxy) is 1. The Morgan fingerprint density at radius 3 is 2.44 bits per heavy atom. The van der Waals surface area contributed by atoms with Crippen LogP contribution in [0.4, 0.5) is 24.5 Å². The molecule has 1 aliphatic rings. The van der Waals surface area contributed by atoms with E-state index in [9.17, 15) is 28.1 Å². The lowest BCUT2D eigenvalue weighted by Gasteiger charge is -2.11. The molecule has 0 radical (unpaired) electrons. The topological polar surface area (TPSA) is 99.3 Å². The van der Waals surface area contributed by atoms with Gasteiger partial charge in [0.1, 0.15) is 18.0 Å². The average molecular weight is 515 g/mol. The Balaban J connectivity index is 1.56. The number of anilines is 1. The summed E-state index contributed by atoms with van der Waals surface area (Å²) in [7, 11) is 0. The molecule has 0 saturated heterocycles. The fraction of sp³-hybridized carbons (Fsp3) is 0.238. The van der Waals surface area contributed by atoms with Gasteiger partial charge in [-0.3, -0.25) is 19.6 Å². The van der Waals surface area contributed by atoms with Crippen LogP contribution in [0.15, 0.2) is 42.5 Å². The maximum Gasteiger partial charge on any atom is 0.436 e. The number of rotatable bonds is 7. The van der Waals surface area contributed by atoms with E-state index in [4.69, 9.17) is 27.9 Å². The quantitative estimate of drug-likeness (QED) is 0.289. The van der Waals surface area contributed by atoms with E-state index >= 15 is 0 Å². The predicted octanol–water partition coefficient (Wildman–Crippen LogP) is 6.43. The first kappa shape index (κ1) is 23.8. The summed E-state index contributed by atoms with van der Waals surface area (Å²) < 4.78 is 46.2. The summed E-state index contributed by atoms with van der Waals surface area (Å²) in [6.45, 7) is -0.558. The number of benzene rings is 2. The van der Waals surface area contributed by atoms with Crippen LogP contribution in [0.5, 0.6) is 11.5 Å². The largest absolute Gasteiger partial charge is 0.457 e. The lowest BCUT2D eigenvalue weighted by Crippen LogP contribution is -2.21. The third-order valence-electron chi connectivity index (χ3n) is 4.89. The highest BCUT2D eigenvalue weighted by Crippen LogP contribution is 2.46. The molecular weight excluding hydrogens is 500 g/mol. The maximum atomic E-state index is 13.2. The van der Waals surface area contributed by atoms with Crippen LogP contribution in [0.3, 0.4) is 0 Å². The van der Waals surface area contributed by atoms with Crippen molar-refractivity contribution in [2.45, 2.75) is 31.5 Å². The van der Waals surface area contributed by atoms with Gasteiger partial charge in [-0.05, 0) is 37.1 Å². The number of hydrogen-bond acceptors (Lipinski definition) is 5. The van der Waals surface area contributed by atoms with Crippen molar-refractivity contribution >= 4 is 40.5 Å². The Labute approximate surface area is 200 Å². The SMILES string of the molecule is O=C(Cn1nc(C(F)(F)F)c(Cl)c1C1CC1)Nc1cc(Oc2ccc(Cl)cc2)cc([N+](=O)[O-])c1. The Morgan fingerprint density at radius 1 is 1.18 bits per heavy atom. The van der Waals surface area contributed by atoms with E-state index < -0.39 is 34.3 Å². The number of nitro groups is 1. The molecule has 1 N–H and O–H groups in total. The molecule has 1 fully saturated rings. The number of nitrogens with one attached hydrogen (secondary N) is 1. The molecule has 4 rings (SSSR count). The maximum absolute atomic E-state index is 13.2. The van der Waals surface area contributed by atoms with Gasteiger partial charge in [0, 0.05) is 23.1 Å². The van der Waals surface area contributed by atoms with Gasteiger partial charge in [-0.2, -0.15) is 18.3 Å². The molecule has 0 aliphatic heterocycles. The summed E-state index contributed by atoms with van der Waals surface area (Å²) >= 11 is 11.8. The monoisotopic (exact) mass is 514 g/mol. The van der Waals surface area contributed by atoms with Gasteiger partial charge in [-0.15, -0.1) is 0 Å². The Hall–Kier alpha value is -3.31. The average Bonchev–Trinajstić information content (AvgIpc) is 3.52. The molecule has 2 aromatic carbocycles. The molecule has 0 atom stereocenters. The first-order chi connectivity index (χ1) is 16.0. The van der Waals surface area contributed by atoms with Crippen LogP contribution in [-0.2, 0) is 17.5 Å². The standard InChI is InChI=1S/C21H15Cl2F3N4O4/c22-12-3-5-15(6-4-12)34-16-8-13(7-14(9-16)30(32)33)27-17(31)10-29-19(11-1-2-11)18(23)20(28-29)21(24,25)26/h3-9,11H,1-2,10H2,(H,27,31). The predicted molar refractivity (Wildman–Crippen MR) is 117 cm³/mol. The second-order valence-corrected chi connectivity index (χ2v) is 8.37. The van der Waals surface area contributed by atoms with Gasteiger partial charge < -0.3 is 10.1 Å². The fourth-order valence-corrected chi connectivity index (χ4v) is 3.82. The molecule has 0 bridgehead atoms. The van der Waals surface area contributed by atoms with Gasteiger partial charge in [-0.25, -0.2) is 0 Å². The summed E-state index contributed by atoms with van der Waals surface area (Å²) in [5, 5.41) is 17.2. The normalized spacial score (nSPS) is 13.6. The molecule has 1 amide bonds. The number of carbonyl (C=O) groups is 1. The molecule has 0 spiro atoms. The molecule has 3 aromatic rings. The summed E-state index contributed by atoms with van der Waals surface area (Å²) in [6.07, 6.45) is -3.49. The van der Waals surface area contributed by atoms with Gasteiger partial charge in [-0.1, -0.05) is 23.2 Å².